The number of carbonyl (C=O) groups is 5. The van der Waals surface area contributed by atoms with Crippen molar-refractivity contribution in [1.82, 2.24) is 40.4 Å². The number of aromatic nitrogens is 4. The number of Topliss-reactive ketones (excluding diaryl/α,β-unsaturated/α-hetero) is 1. The van der Waals surface area contributed by atoms with Gasteiger partial charge in [0.1, 0.15) is 23.7 Å². The lowest BCUT2D eigenvalue weighted by molar-refractivity contribution is -0.136. The van der Waals surface area contributed by atoms with Crippen LogP contribution in [0, 0.1) is 23.2 Å². The molecule has 66 heavy (non-hydrogen) atoms. The average Bonchev–Trinajstić information content (AvgIpc) is 4.17. The minimum absolute atomic E-state index is 0.136. The van der Waals surface area contributed by atoms with Crippen LogP contribution in [0.5, 0.6) is 0 Å². The van der Waals surface area contributed by atoms with Gasteiger partial charge < -0.3 is 39.9 Å². The second-order valence-electron chi connectivity index (χ2n) is 19.8. The second-order valence-corrected chi connectivity index (χ2v) is 19.8. The van der Waals surface area contributed by atoms with Gasteiger partial charge in [0.25, 0.3) is 0 Å². The highest BCUT2D eigenvalue weighted by Gasteiger charge is 2.49. The summed E-state index contributed by atoms with van der Waals surface area (Å²) in [6.07, 6.45) is 6.29. The fraction of sp³-hybridized carbons (Fsp3) is 0.510. The van der Waals surface area contributed by atoms with Crippen LogP contribution in [0.15, 0.2) is 48.5 Å². The molecule has 9 rings (SSSR count). The SMILES string of the molecule is COC(=O)N[C@H](C(=O)N1CCC[C@H]1c1nc2ccc(-c3ccc(-c4ccc5nc([C@@H]6CCCN6C(=O)[C@@H](NC(=O)OC)C(C)C)[nH]c5c4)c4c3CC3(CCC(C)CC3)C4=O)cc2[nH]1)C(C)C. The maximum atomic E-state index is 15.0. The van der Waals surface area contributed by atoms with Gasteiger partial charge in [-0.1, -0.05) is 58.9 Å². The zero-order valence-corrected chi connectivity index (χ0v) is 39.1. The molecule has 3 fully saturated rings. The summed E-state index contributed by atoms with van der Waals surface area (Å²) in [6, 6.07) is 14.6. The number of rotatable bonds is 10. The summed E-state index contributed by atoms with van der Waals surface area (Å²) in [7, 11) is 2.58. The summed E-state index contributed by atoms with van der Waals surface area (Å²) >= 11 is 0. The van der Waals surface area contributed by atoms with E-state index in [-0.39, 0.29) is 41.5 Å². The molecule has 3 aromatic carbocycles. The number of hydrogen-bond donors (Lipinski definition) is 4. The van der Waals surface area contributed by atoms with Crippen molar-refractivity contribution >= 4 is 51.9 Å². The third-order valence-electron chi connectivity index (χ3n) is 14.9. The van der Waals surface area contributed by atoms with E-state index >= 15 is 4.79 Å². The normalized spacial score (nSPS) is 22.7. The topological polar surface area (TPSA) is 192 Å². The van der Waals surface area contributed by atoms with Crippen molar-refractivity contribution in [3.63, 3.8) is 0 Å². The second kappa shape index (κ2) is 17.9. The Labute approximate surface area is 385 Å². The molecule has 4 atom stereocenters. The Balaban J connectivity index is 1.04. The quantitative estimate of drug-likeness (QED) is 0.106. The third kappa shape index (κ3) is 8.08. The fourth-order valence-electron chi connectivity index (χ4n) is 11.1. The van der Waals surface area contributed by atoms with E-state index in [1.807, 2.05) is 55.7 Å². The lowest BCUT2D eigenvalue weighted by Crippen LogP contribution is -2.51. The minimum Gasteiger partial charge on any atom is -0.453 e. The zero-order chi connectivity index (χ0) is 46.6. The molecule has 1 spiro atoms. The van der Waals surface area contributed by atoms with E-state index in [2.05, 4.69) is 57.9 Å². The molecule has 0 unspecified atom stereocenters. The van der Waals surface area contributed by atoms with Gasteiger partial charge in [-0.05, 0) is 128 Å². The van der Waals surface area contributed by atoms with E-state index in [1.165, 1.54) is 14.2 Å². The number of likely N-dealkylation sites (tertiary alicyclic amines) is 2. The third-order valence-corrected chi connectivity index (χ3v) is 14.9. The maximum Gasteiger partial charge on any atom is 0.407 e. The van der Waals surface area contributed by atoms with Crippen molar-refractivity contribution in [2.45, 2.75) is 117 Å². The summed E-state index contributed by atoms with van der Waals surface area (Å²) in [6.45, 7) is 11.0. The molecule has 2 aliphatic heterocycles. The summed E-state index contributed by atoms with van der Waals surface area (Å²) < 4.78 is 9.64. The Bertz CT molecular complexity index is 2710. The number of fused-ring (bicyclic) bond motifs is 3. The number of methoxy groups -OCH3 is 2. The van der Waals surface area contributed by atoms with E-state index in [0.29, 0.717) is 37.1 Å². The molecular weight excluding hydrogens is 837 g/mol. The van der Waals surface area contributed by atoms with Crippen LogP contribution in [-0.2, 0) is 25.5 Å². The molecule has 4 N–H and O–H groups in total. The van der Waals surface area contributed by atoms with Crippen molar-refractivity contribution in [2.24, 2.45) is 23.2 Å². The highest BCUT2D eigenvalue weighted by atomic mass is 16.5. The number of ether oxygens (including phenoxy) is 2. The number of hydrogen-bond acceptors (Lipinski definition) is 9. The minimum atomic E-state index is -0.729. The Morgan fingerprint density at radius 2 is 1.17 bits per heavy atom. The summed E-state index contributed by atoms with van der Waals surface area (Å²) in [5.74, 6) is 1.62. The number of H-pyrrole nitrogens is 2. The first-order valence-electron chi connectivity index (χ1n) is 23.7. The van der Waals surface area contributed by atoms with Gasteiger partial charge in [-0.3, -0.25) is 14.4 Å². The van der Waals surface area contributed by atoms with Gasteiger partial charge in [0.2, 0.25) is 11.8 Å². The largest absolute Gasteiger partial charge is 0.453 e. The monoisotopic (exact) mass is 898 g/mol. The summed E-state index contributed by atoms with van der Waals surface area (Å²) in [5, 5.41) is 5.45. The molecule has 4 heterocycles. The van der Waals surface area contributed by atoms with Gasteiger partial charge in [-0.2, -0.15) is 0 Å². The van der Waals surface area contributed by atoms with E-state index in [9.17, 15) is 19.2 Å². The first-order chi connectivity index (χ1) is 31.7. The van der Waals surface area contributed by atoms with Crippen LogP contribution >= 0.6 is 0 Å². The van der Waals surface area contributed by atoms with Crippen LogP contribution in [0.2, 0.25) is 0 Å². The molecule has 348 valence electrons. The molecule has 2 saturated heterocycles. The van der Waals surface area contributed by atoms with Crippen LogP contribution in [0.3, 0.4) is 0 Å². The van der Waals surface area contributed by atoms with Gasteiger partial charge in [-0.15, -0.1) is 0 Å². The molecule has 4 aliphatic rings. The molecule has 15 nitrogen and oxygen atoms in total. The molecule has 15 heteroatoms. The number of imidazole rings is 2. The first-order valence-corrected chi connectivity index (χ1v) is 23.7. The molecule has 0 bridgehead atoms. The van der Waals surface area contributed by atoms with E-state index in [0.717, 1.165) is 107 Å². The first kappa shape index (κ1) is 44.9. The molecule has 4 amide bonds. The van der Waals surface area contributed by atoms with Crippen LogP contribution in [-0.4, -0.2) is 98.9 Å². The summed E-state index contributed by atoms with van der Waals surface area (Å²) in [4.78, 5) is 87.8. The molecular formula is C51H62N8O7. The highest BCUT2D eigenvalue weighted by Crippen LogP contribution is 2.53. The number of nitrogens with one attached hydrogen (secondary N) is 4. The maximum absolute atomic E-state index is 15.0. The summed E-state index contributed by atoms with van der Waals surface area (Å²) in [5.41, 5.74) is 8.48. The van der Waals surface area contributed by atoms with E-state index in [4.69, 9.17) is 19.4 Å². The number of ketones is 1. The van der Waals surface area contributed by atoms with Crippen molar-refractivity contribution in [3.8, 4) is 22.3 Å². The van der Waals surface area contributed by atoms with Gasteiger partial charge in [0.05, 0.1) is 48.4 Å². The van der Waals surface area contributed by atoms with Gasteiger partial charge in [0, 0.05) is 24.1 Å². The van der Waals surface area contributed by atoms with Crippen LogP contribution in [0.25, 0.3) is 44.3 Å². The highest BCUT2D eigenvalue weighted by molar-refractivity contribution is 6.12. The lowest BCUT2D eigenvalue weighted by Gasteiger charge is -2.34. The predicted octanol–water partition coefficient (Wildman–Crippen LogP) is 8.80. The van der Waals surface area contributed by atoms with Gasteiger partial charge in [0.15, 0.2) is 5.78 Å². The van der Waals surface area contributed by atoms with Crippen LogP contribution in [0.1, 0.15) is 126 Å². The number of amides is 4. The Kier molecular flexibility index (Phi) is 12.2. The van der Waals surface area contributed by atoms with Crippen molar-refractivity contribution in [1.29, 1.82) is 0 Å². The number of benzene rings is 3. The lowest BCUT2D eigenvalue weighted by atomic mass is 9.68. The van der Waals surface area contributed by atoms with Crippen molar-refractivity contribution in [3.05, 3.63) is 71.3 Å². The standard InChI is InChI=1S/C51H62N8O7/c1-27(2)42(56-49(63)65-6)47(61)58-22-8-10-39(58)45-52-35-16-12-30(24-37(35)54-45)32-14-15-33(41-34(32)26-51(44(41)60)20-18-29(5)19-21-51)31-13-17-36-38(25-31)55-46(53-36)40-11-9-23-59(40)48(62)43(28(3)4)57-50(64)66-7/h12-17,24-25,27-29,39-40,42-43H,8-11,18-23,26H2,1-7H3,(H,52,54)(H,53,55)(H,56,63)(H,57,64)/t29?,39-,40-,42-,43-,51?/m0/s1. The van der Waals surface area contributed by atoms with E-state index in [1.54, 1.807) is 0 Å². The number of aromatic amines is 2. The van der Waals surface area contributed by atoms with E-state index < -0.39 is 29.7 Å². The molecule has 2 aromatic heterocycles. The zero-order valence-electron chi connectivity index (χ0n) is 39.1. The molecule has 5 aromatic rings. The Morgan fingerprint density at radius 3 is 1.64 bits per heavy atom. The van der Waals surface area contributed by atoms with Crippen LogP contribution < -0.4 is 10.6 Å². The molecule has 0 radical (unpaired) electrons. The number of carbonyl (C=O) groups excluding carboxylic acids is 5. The molecule has 1 saturated carbocycles. The number of nitrogens with zero attached hydrogens (tertiary/aromatic N) is 4. The Morgan fingerprint density at radius 1 is 0.697 bits per heavy atom. The van der Waals surface area contributed by atoms with Crippen molar-refractivity contribution < 1.29 is 33.4 Å². The smallest absolute Gasteiger partial charge is 0.407 e. The van der Waals surface area contributed by atoms with Crippen LogP contribution in [0.4, 0.5) is 9.59 Å². The van der Waals surface area contributed by atoms with Crippen molar-refractivity contribution in [2.75, 3.05) is 27.3 Å². The fourth-order valence-corrected chi connectivity index (χ4v) is 11.1. The van der Waals surface area contributed by atoms with Gasteiger partial charge in [-0.25, -0.2) is 19.6 Å². The number of alkyl carbamates (subject to hydrolysis) is 2. The van der Waals surface area contributed by atoms with Gasteiger partial charge >= 0.3 is 12.2 Å². The predicted molar refractivity (Wildman–Crippen MR) is 250 cm³/mol. The average molecular weight is 899 g/mol. The Hall–Kier alpha value is -6.25. The molecule has 2 aliphatic carbocycles.